The number of nitrogens with zero attached hydrogens (tertiary/aromatic N) is 1. The summed E-state index contributed by atoms with van der Waals surface area (Å²) in [5.41, 5.74) is 1.26. The fraction of sp³-hybridized carbons (Fsp3) is 0.250. The molecular weight excluding hydrogens is 185 g/mol. The van der Waals surface area contributed by atoms with Crippen LogP contribution in [0.25, 0.3) is 0 Å². The minimum atomic E-state index is -1.67. The van der Waals surface area contributed by atoms with Gasteiger partial charge in [-0.2, -0.15) is 0 Å². The summed E-state index contributed by atoms with van der Waals surface area (Å²) < 4.78 is 0. The fourth-order valence-electron chi connectivity index (χ4n) is 1.21. The standard InChI is InChI=1S/C8H10BNO4/c1-5-3-7(9(11)12)4-8(6(5)2)10(13)14/h3-4,11-12H,1-2H3. The third-order valence-corrected chi connectivity index (χ3v) is 2.16. The molecule has 0 aliphatic heterocycles. The Morgan fingerprint density at radius 1 is 1.36 bits per heavy atom. The van der Waals surface area contributed by atoms with Crippen LogP contribution in [-0.2, 0) is 0 Å². The van der Waals surface area contributed by atoms with Crippen LogP contribution in [0, 0.1) is 24.0 Å². The molecule has 6 heteroatoms. The molecule has 0 unspecified atom stereocenters. The van der Waals surface area contributed by atoms with Gasteiger partial charge in [0.15, 0.2) is 0 Å². The van der Waals surface area contributed by atoms with Gasteiger partial charge >= 0.3 is 7.12 Å². The van der Waals surface area contributed by atoms with Gasteiger partial charge in [-0.15, -0.1) is 0 Å². The Labute approximate surface area is 81.3 Å². The molecule has 0 saturated carbocycles. The second-order valence-corrected chi connectivity index (χ2v) is 3.11. The monoisotopic (exact) mass is 195 g/mol. The molecule has 14 heavy (non-hydrogen) atoms. The van der Waals surface area contributed by atoms with Crippen LogP contribution < -0.4 is 5.46 Å². The number of nitro benzene ring substituents is 1. The molecule has 0 aliphatic carbocycles. The van der Waals surface area contributed by atoms with Crippen molar-refractivity contribution in [2.24, 2.45) is 0 Å². The van der Waals surface area contributed by atoms with Crippen molar-refractivity contribution in [3.05, 3.63) is 33.4 Å². The maximum absolute atomic E-state index is 10.6. The maximum Gasteiger partial charge on any atom is 0.488 e. The summed E-state index contributed by atoms with van der Waals surface area (Å²) in [6.07, 6.45) is 0. The Morgan fingerprint density at radius 3 is 2.36 bits per heavy atom. The Kier molecular flexibility index (Phi) is 2.88. The topological polar surface area (TPSA) is 83.6 Å². The summed E-state index contributed by atoms with van der Waals surface area (Å²) in [5.74, 6) is 0. The molecule has 0 bridgehead atoms. The molecule has 0 spiro atoms. The largest absolute Gasteiger partial charge is 0.488 e. The van der Waals surface area contributed by atoms with Crippen LogP contribution in [0.1, 0.15) is 11.1 Å². The molecular formula is C8H10BNO4. The van der Waals surface area contributed by atoms with Crippen LogP contribution in [0.4, 0.5) is 5.69 Å². The first-order chi connectivity index (χ1) is 6.43. The first kappa shape index (κ1) is 10.7. The van der Waals surface area contributed by atoms with Crippen molar-refractivity contribution in [1.29, 1.82) is 0 Å². The van der Waals surface area contributed by atoms with Crippen molar-refractivity contribution in [2.45, 2.75) is 13.8 Å². The van der Waals surface area contributed by atoms with Crippen LogP contribution in [0.15, 0.2) is 12.1 Å². The van der Waals surface area contributed by atoms with E-state index in [1.807, 2.05) is 0 Å². The van der Waals surface area contributed by atoms with Crippen LogP contribution in [-0.4, -0.2) is 22.1 Å². The molecule has 0 atom stereocenters. The maximum atomic E-state index is 10.6. The molecule has 1 aromatic carbocycles. The number of rotatable bonds is 2. The van der Waals surface area contributed by atoms with E-state index in [0.717, 1.165) is 0 Å². The lowest BCUT2D eigenvalue weighted by molar-refractivity contribution is -0.385. The molecule has 0 radical (unpaired) electrons. The van der Waals surface area contributed by atoms with Gasteiger partial charge in [-0.05, 0) is 24.9 Å². The normalized spacial score (nSPS) is 10.0. The Morgan fingerprint density at radius 2 is 1.93 bits per heavy atom. The van der Waals surface area contributed by atoms with E-state index in [9.17, 15) is 10.1 Å². The second-order valence-electron chi connectivity index (χ2n) is 3.11. The highest BCUT2D eigenvalue weighted by molar-refractivity contribution is 6.58. The number of benzene rings is 1. The summed E-state index contributed by atoms with van der Waals surface area (Å²) in [5, 5.41) is 28.3. The minimum absolute atomic E-state index is 0.0897. The van der Waals surface area contributed by atoms with E-state index in [2.05, 4.69) is 0 Å². The number of hydrogen-bond donors (Lipinski definition) is 2. The van der Waals surface area contributed by atoms with Crippen LogP contribution >= 0.6 is 0 Å². The molecule has 0 aliphatic rings. The van der Waals surface area contributed by atoms with Gasteiger partial charge in [0.1, 0.15) is 0 Å². The van der Waals surface area contributed by atoms with E-state index < -0.39 is 12.0 Å². The van der Waals surface area contributed by atoms with Gasteiger partial charge in [0.2, 0.25) is 0 Å². The highest BCUT2D eigenvalue weighted by Crippen LogP contribution is 2.19. The third kappa shape index (κ3) is 1.91. The van der Waals surface area contributed by atoms with E-state index in [1.54, 1.807) is 13.8 Å². The Balaban J connectivity index is 3.35. The first-order valence-electron chi connectivity index (χ1n) is 4.05. The van der Waals surface area contributed by atoms with Gasteiger partial charge in [0, 0.05) is 11.6 Å². The molecule has 2 N–H and O–H groups in total. The SMILES string of the molecule is Cc1cc(B(O)O)cc([N+](=O)[O-])c1C. The van der Waals surface area contributed by atoms with E-state index in [1.165, 1.54) is 12.1 Å². The molecule has 1 rings (SSSR count). The lowest BCUT2D eigenvalue weighted by Gasteiger charge is -2.05. The quantitative estimate of drug-likeness (QED) is 0.391. The van der Waals surface area contributed by atoms with E-state index in [-0.39, 0.29) is 11.2 Å². The zero-order valence-electron chi connectivity index (χ0n) is 7.89. The van der Waals surface area contributed by atoms with Gasteiger partial charge in [-0.1, -0.05) is 6.07 Å². The van der Waals surface area contributed by atoms with Crippen molar-refractivity contribution in [1.82, 2.24) is 0 Å². The van der Waals surface area contributed by atoms with Gasteiger partial charge in [0.05, 0.1) is 4.92 Å². The summed E-state index contributed by atoms with van der Waals surface area (Å²) in [4.78, 5) is 10.1. The predicted molar refractivity (Wildman–Crippen MR) is 52.4 cm³/mol. The van der Waals surface area contributed by atoms with E-state index in [0.29, 0.717) is 11.1 Å². The Hall–Kier alpha value is -1.40. The van der Waals surface area contributed by atoms with Crippen molar-refractivity contribution >= 4 is 18.3 Å². The molecule has 0 aromatic heterocycles. The molecule has 0 saturated heterocycles. The van der Waals surface area contributed by atoms with Crippen LogP contribution in [0.3, 0.4) is 0 Å². The summed E-state index contributed by atoms with van der Waals surface area (Å²) >= 11 is 0. The van der Waals surface area contributed by atoms with Crippen molar-refractivity contribution in [2.75, 3.05) is 0 Å². The van der Waals surface area contributed by atoms with Crippen molar-refractivity contribution < 1.29 is 15.0 Å². The summed E-state index contributed by atoms with van der Waals surface area (Å²) in [6, 6.07) is 2.69. The van der Waals surface area contributed by atoms with Gasteiger partial charge in [0.25, 0.3) is 5.69 Å². The third-order valence-electron chi connectivity index (χ3n) is 2.16. The first-order valence-corrected chi connectivity index (χ1v) is 4.05. The number of aryl methyl sites for hydroxylation is 1. The molecule has 1 aromatic rings. The van der Waals surface area contributed by atoms with Crippen molar-refractivity contribution in [3.63, 3.8) is 0 Å². The molecule has 0 amide bonds. The lowest BCUT2D eigenvalue weighted by Crippen LogP contribution is -2.30. The van der Waals surface area contributed by atoms with E-state index in [4.69, 9.17) is 10.0 Å². The molecule has 74 valence electrons. The highest BCUT2D eigenvalue weighted by Gasteiger charge is 2.19. The zero-order chi connectivity index (χ0) is 10.9. The second kappa shape index (κ2) is 3.77. The minimum Gasteiger partial charge on any atom is -0.423 e. The summed E-state index contributed by atoms with van der Waals surface area (Å²) in [6.45, 7) is 3.31. The molecule has 0 heterocycles. The van der Waals surface area contributed by atoms with E-state index >= 15 is 0 Å². The zero-order valence-corrected chi connectivity index (χ0v) is 7.89. The average molecular weight is 195 g/mol. The number of hydrogen-bond acceptors (Lipinski definition) is 4. The Bertz CT molecular complexity index is 378. The summed E-state index contributed by atoms with van der Waals surface area (Å²) in [7, 11) is -1.67. The molecule has 0 fully saturated rings. The fourth-order valence-corrected chi connectivity index (χ4v) is 1.21. The lowest BCUT2D eigenvalue weighted by atomic mass is 9.78. The van der Waals surface area contributed by atoms with Gasteiger partial charge in [-0.25, -0.2) is 0 Å². The van der Waals surface area contributed by atoms with Crippen molar-refractivity contribution in [3.8, 4) is 0 Å². The van der Waals surface area contributed by atoms with Crippen LogP contribution in [0.5, 0.6) is 0 Å². The predicted octanol–water partition coefficient (Wildman–Crippen LogP) is -0.109. The highest BCUT2D eigenvalue weighted by atomic mass is 16.6. The number of nitro groups is 1. The smallest absolute Gasteiger partial charge is 0.423 e. The average Bonchev–Trinajstić information content (AvgIpc) is 2.08. The van der Waals surface area contributed by atoms with Gasteiger partial charge < -0.3 is 10.0 Å². The van der Waals surface area contributed by atoms with Crippen LogP contribution in [0.2, 0.25) is 0 Å². The molecule has 5 nitrogen and oxygen atoms in total. The van der Waals surface area contributed by atoms with Gasteiger partial charge in [-0.3, -0.25) is 10.1 Å².